The van der Waals surface area contributed by atoms with Crippen LogP contribution >= 0.6 is 11.8 Å². The second-order valence-corrected chi connectivity index (χ2v) is 5.16. The summed E-state index contributed by atoms with van der Waals surface area (Å²) in [5, 5.41) is 1.35. The van der Waals surface area contributed by atoms with Crippen LogP contribution in [0.4, 0.5) is 0 Å². The molecule has 0 aliphatic carbocycles. The molecule has 0 amide bonds. The van der Waals surface area contributed by atoms with Gasteiger partial charge in [-0.1, -0.05) is 37.3 Å². The molecule has 80 valence electrons. The normalized spacial score (nSPS) is 18.3. The van der Waals surface area contributed by atoms with E-state index in [2.05, 4.69) is 42.2 Å². The molecule has 0 saturated carbocycles. The molecule has 0 fully saturated rings. The number of hydrogen-bond acceptors (Lipinski definition) is 2. The zero-order valence-electron chi connectivity index (χ0n) is 9.15. The Balaban J connectivity index is 1.97. The van der Waals surface area contributed by atoms with Crippen LogP contribution in [0.2, 0.25) is 0 Å². The average Bonchev–Trinajstić information content (AvgIpc) is 2.31. The van der Waals surface area contributed by atoms with Crippen LogP contribution in [0.25, 0.3) is 0 Å². The molecule has 0 N–H and O–H groups in total. The molecule has 0 saturated heterocycles. The summed E-state index contributed by atoms with van der Waals surface area (Å²) in [6, 6.07) is 10.7. The van der Waals surface area contributed by atoms with E-state index in [-0.39, 0.29) is 0 Å². The van der Waals surface area contributed by atoms with Gasteiger partial charge in [-0.2, -0.15) is 0 Å². The zero-order valence-corrected chi connectivity index (χ0v) is 9.96. The Kier molecular flexibility index (Phi) is 3.84. The summed E-state index contributed by atoms with van der Waals surface area (Å²) in [5.74, 6) is 1.84. The van der Waals surface area contributed by atoms with Crippen molar-refractivity contribution in [3.05, 3.63) is 35.9 Å². The fourth-order valence-electron chi connectivity index (χ4n) is 1.79. The Bertz CT molecular complexity index is 332. The zero-order chi connectivity index (χ0) is 10.5. The lowest BCUT2D eigenvalue weighted by Gasteiger charge is -2.16. The summed E-state index contributed by atoms with van der Waals surface area (Å²) < 4.78 is 0. The average molecular weight is 219 g/mol. The third-order valence-corrected chi connectivity index (χ3v) is 3.83. The maximum atomic E-state index is 4.57. The van der Waals surface area contributed by atoms with Crippen molar-refractivity contribution in [2.45, 2.75) is 25.7 Å². The molecule has 15 heavy (non-hydrogen) atoms. The van der Waals surface area contributed by atoms with Gasteiger partial charge in [-0.3, -0.25) is 4.99 Å². The SMILES string of the molecule is CC(CC1=NCCCS1)c1ccccc1. The van der Waals surface area contributed by atoms with E-state index in [9.17, 15) is 0 Å². The van der Waals surface area contributed by atoms with Gasteiger partial charge in [0.15, 0.2) is 0 Å². The molecule has 0 aromatic heterocycles. The number of nitrogens with zero attached hydrogens (tertiary/aromatic N) is 1. The van der Waals surface area contributed by atoms with Crippen LogP contribution in [-0.4, -0.2) is 17.3 Å². The van der Waals surface area contributed by atoms with Gasteiger partial charge >= 0.3 is 0 Å². The first-order valence-corrected chi connectivity index (χ1v) is 6.56. The number of thioether (sulfide) groups is 1. The van der Waals surface area contributed by atoms with Gasteiger partial charge in [0, 0.05) is 18.7 Å². The Morgan fingerprint density at radius 1 is 1.33 bits per heavy atom. The van der Waals surface area contributed by atoms with Crippen LogP contribution in [-0.2, 0) is 0 Å². The molecule has 1 unspecified atom stereocenters. The van der Waals surface area contributed by atoms with Gasteiger partial charge in [-0.25, -0.2) is 0 Å². The Hall–Kier alpha value is -0.760. The smallest absolute Gasteiger partial charge is 0.0681 e. The largest absolute Gasteiger partial charge is 0.283 e. The summed E-state index contributed by atoms with van der Waals surface area (Å²) >= 11 is 1.94. The van der Waals surface area contributed by atoms with Gasteiger partial charge in [-0.15, -0.1) is 11.8 Å². The van der Waals surface area contributed by atoms with Gasteiger partial charge in [0.1, 0.15) is 0 Å². The molecule has 0 radical (unpaired) electrons. The Labute approximate surface area is 96.0 Å². The van der Waals surface area contributed by atoms with Crippen molar-refractivity contribution in [1.29, 1.82) is 0 Å². The summed E-state index contributed by atoms with van der Waals surface area (Å²) in [6.07, 6.45) is 2.35. The Morgan fingerprint density at radius 2 is 2.13 bits per heavy atom. The number of benzene rings is 1. The molecule has 1 atom stereocenters. The summed E-state index contributed by atoms with van der Waals surface area (Å²) in [5.41, 5.74) is 1.42. The molecule has 0 spiro atoms. The molecule has 1 aliphatic rings. The van der Waals surface area contributed by atoms with E-state index >= 15 is 0 Å². The van der Waals surface area contributed by atoms with Crippen molar-refractivity contribution in [3.8, 4) is 0 Å². The van der Waals surface area contributed by atoms with Crippen molar-refractivity contribution >= 4 is 16.8 Å². The first-order chi connectivity index (χ1) is 7.36. The molecular formula is C13H17NS. The molecule has 2 rings (SSSR count). The highest BCUT2D eigenvalue weighted by Crippen LogP contribution is 2.24. The monoisotopic (exact) mass is 219 g/mol. The molecule has 0 bridgehead atoms. The molecule has 1 heterocycles. The van der Waals surface area contributed by atoms with Gasteiger partial charge in [-0.05, 0) is 17.9 Å². The quantitative estimate of drug-likeness (QED) is 0.755. The third kappa shape index (κ3) is 3.10. The van der Waals surface area contributed by atoms with Crippen LogP contribution in [0.1, 0.15) is 31.2 Å². The van der Waals surface area contributed by atoms with Crippen molar-refractivity contribution < 1.29 is 0 Å². The highest BCUT2D eigenvalue weighted by molar-refractivity contribution is 8.14. The lowest BCUT2D eigenvalue weighted by molar-refractivity contribution is 0.801. The molecule has 1 aromatic rings. The van der Waals surface area contributed by atoms with E-state index in [1.165, 1.54) is 22.8 Å². The minimum Gasteiger partial charge on any atom is -0.283 e. The first-order valence-electron chi connectivity index (χ1n) is 5.57. The molecule has 1 nitrogen and oxygen atoms in total. The van der Waals surface area contributed by atoms with Gasteiger partial charge in [0.25, 0.3) is 0 Å². The van der Waals surface area contributed by atoms with Gasteiger partial charge < -0.3 is 0 Å². The van der Waals surface area contributed by atoms with Crippen LogP contribution in [0, 0.1) is 0 Å². The van der Waals surface area contributed by atoms with Crippen LogP contribution in [0.3, 0.4) is 0 Å². The van der Waals surface area contributed by atoms with Crippen molar-refractivity contribution in [3.63, 3.8) is 0 Å². The van der Waals surface area contributed by atoms with Crippen LogP contribution in [0.15, 0.2) is 35.3 Å². The van der Waals surface area contributed by atoms with E-state index in [1.54, 1.807) is 0 Å². The van der Waals surface area contributed by atoms with E-state index in [0.29, 0.717) is 5.92 Å². The lowest BCUT2D eigenvalue weighted by Crippen LogP contribution is -2.07. The number of rotatable bonds is 3. The van der Waals surface area contributed by atoms with E-state index in [0.717, 1.165) is 13.0 Å². The van der Waals surface area contributed by atoms with Crippen molar-refractivity contribution in [1.82, 2.24) is 0 Å². The van der Waals surface area contributed by atoms with E-state index in [4.69, 9.17) is 0 Å². The van der Waals surface area contributed by atoms with Crippen LogP contribution in [0.5, 0.6) is 0 Å². The second kappa shape index (κ2) is 5.36. The number of hydrogen-bond donors (Lipinski definition) is 0. The second-order valence-electron chi connectivity index (χ2n) is 3.99. The molecular weight excluding hydrogens is 202 g/mol. The highest BCUT2D eigenvalue weighted by Gasteiger charge is 2.11. The number of aliphatic imine (C=N–C) groups is 1. The molecule has 1 aromatic carbocycles. The standard InChI is InChI=1S/C13H17NS/c1-11(12-6-3-2-4-7-12)10-13-14-8-5-9-15-13/h2-4,6-7,11H,5,8-10H2,1H3. The highest BCUT2D eigenvalue weighted by atomic mass is 32.2. The minimum atomic E-state index is 0.593. The van der Waals surface area contributed by atoms with Gasteiger partial charge in [0.05, 0.1) is 5.04 Å². The van der Waals surface area contributed by atoms with E-state index < -0.39 is 0 Å². The van der Waals surface area contributed by atoms with Gasteiger partial charge in [0.2, 0.25) is 0 Å². The maximum absolute atomic E-state index is 4.57. The van der Waals surface area contributed by atoms with E-state index in [1.807, 2.05) is 11.8 Å². The van der Waals surface area contributed by atoms with Crippen LogP contribution < -0.4 is 0 Å². The Morgan fingerprint density at radius 3 is 2.80 bits per heavy atom. The third-order valence-electron chi connectivity index (χ3n) is 2.71. The lowest BCUT2D eigenvalue weighted by atomic mass is 9.98. The predicted octanol–water partition coefficient (Wildman–Crippen LogP) is 3.72. The fraction of sp³-hybridized carbons (Fsp3) is 0.462. The maximum Gasteiger partial charge on any atom is 0.0681 e. The first kappa shape index (κ1) is 10.7. The predicted molar refractivity (Wildman–Crippen MR) is 68.9 cm³/mol. The molecule has 1 aliphatic heterocycles. The topological polar surface area (TPSA) is 12.4 Å². The fourth-order valence-corrected chi connectivity index (χ4v) is 2.85. The molecule has 2 heteroatoms. The summed E-state index contributed by atoms with van der Waals surface area (Å²) in [4.78, 5) is 4.57. The van der Waals surface area contributed by atoms with Crippen molar-refractivity contribution in [2.75, 3.05) is 12.3 Å². The summed E-state index contributed by atoms with van der Waals surface area (Å²) in [7, 11) is 0. The van der Waals surface area contributed by atoms with Crippen molar-refractivity contribution in [2.24, 2.45) is 4.99 Å². The summed E-state index contributed by atoms with van der Waals surface area (Å²) in [6.45, 7) is 3.32. The minimum absolute atomic E-state index is 0.593.